The number of carbonyl (C=O) groups is 3. The summed E-state index contributed by atoms with van der Waals surface area (Å²) in [7, 11) is 0. The number of aliphatic hydroxyl groups is 1. The average molecular weight is 433 g/mol. The summed E-state index contributed by atoms with van der Waals surface area (Å²) in [6.07, 6.45) is 8.11. The molecule has 2 saturated heterocycles. The molecule has 0 aromatic rings. The highest BCUT2D eigenvalue weighted by molar-refractivity contribution is 5.99. The SMILES string of the molecule is CC[C@]12C=CCOC(=O)[C@H]1[C@H]1C(=O)N(CCCO)C3C(=O)N(C(C)(C)C)CC=C[C@@]31O2. The topological polar surface area (TPSA) is 96.4 Å². The van der Waals surface area contributed by atoms with E-state index in [-0.39, 0.29) is 31.6 Å². The summed E-state index contributed by atoms with van der Waals surface area (Å²) in [6, 6.07) is -0.897. The van der Waals surface area contributed by atoms with Gasteiger partial charge in [0.1, 0.15) is 29.8 Å². The predicted octanol–water partition coefficient (Wildman–Crippen LogP) is 1.04. The first-order chi connectivity index (χ1) is 14.6. The highest BCUT2D eigenvalue weighted by Crippen LogP contribution is 2.58. The van der Waals surface area contributed by atoms with Crippen molar-refractivity contribution in [3.63, 3.8) is 0 Å². The van der Waals surface area contributed by atoms with E-state index >= 15 is 0 Å². The van der Waals surface area contributed by atoms with Gasteiger partial charge in [0.2, 0.25) is 11.8 Å². The fourth-order valence-electron chi connectivity index (χ4n) is 5.68. The Morgan fingerprint density at radius 3 is 2.52 bits per heavy atom. The largest absolute Gasteiger partial charge is 0.461 e. The molecule has 2 amide bonds. The number of nitrogens with zero attached hydrogens (tertiary/aromatic N) is 2. The number of esters is 1. The fraction of sp³-hybridized carbons (Fsp3) is 0.696. The van der Waals surface area contributed by atoms with E-state index in [1.165, 1.54) is 4.90 Å². The van der Waals surface area contributed by atoms with Crippen molar-refractivity contribution in [1.82, 2.24) is 9.80 Å². The minimum Gasteiger partial charge on any atom is -0.461 e. The summed E-state index contributed by atoms with van der Waals surface area (Å²) >= 11 is 0. The van der Waals surface area contributed by atoms with Crippen LogP contribution in [0.4, 0.5) is 0 Å². The van der Waals surface area contributed by atoms with Crippen molar-refractivity contribution in [2.24, 2.45) is 11.8 Å². The molecule has 0 aromatic heterocycles. The summed E-state index contributed by atoms with van der Waals surface area (Å²) < 4.78 is 12.1. The Balaban J connectivity index is 1.89. The number of rotatable bonds is 4. The van der Waals surface area contributed by atoms with Crippen LogP contribution in [0.25, 0.3) is 0 Å². The Kier molecular flexibility index (Phi) is 5.29. The number of hydrogen-bond donors (Lipinski definition) is 1. The zero-order valence-electron chi connectivity index (χ0n) is 18.7. The average Bonchev–Trinajstić information content (AvgIpc) is 2.97. The number of carbonyl (C=O) groups excluding carboxylic acids is 3. The smallest absolute Gasteiger partial charge is 0.313 e. The number of amides is 2. The minimum absolute atomic E-state index is 0.102. The molecule has 0 radical (unpaired) electrons. The highest BCUT2D eigenvalue weighted by atomic mass is 16.6. The Hall–Kier alpha value is -2.19. The second kappa shape index (κ2) is 7.45. The van der Waals surface area contributed by atoms with E-state index in [4.69, 9.17) is 9.47 Å². The summed E-state index contributed by atoms with van der Waals surface area (Å²) in [5.41, 5.74) is -2.72. The first-order valence-corrected chi connectivity index (χ1v) is 11.1. The van der Waals surface area contributed by atoms with E-state index in [0.29, 0.717) is 19.4 Å². The normalized spacial score (nSPS) is 37.3. The van der Waals surface area contributed by atoms with Gasteiger partial charge in [0.05, 0.1) is 5.92 Å². The van der Waals surface area contributed by atoms with Crippen molar-refractivity contribution in [2.75, 3.05) is 26.3 Å². The lowest BCUT2D eigenvalue weighted by atomic mass is 9.73. The molecule has 4 aliphatic heterocycles. The second-order valence-corrected chi connectivity index (χ2v) is 9.79. The standard InChI is InChI=1S/C23H32N2O6/c1-5-22-9-7-14-30-20(29)16(22)15-18(27)24(11-8-13-26)17-19(28)25(21(2,3)4)12-6-10-23(15,17)31-22/h6-7,9-10,15-17,26H,5,8,11-14H2,1-4H3/t15-,16+,17?,22-,23-/m0/s1. The lowest BCUT2D eigenvalue weighted by molar-refractivity contribution is -0.160. The molecule has 4 aliphatic rings. The van der Waals surface area contributed by atoms with Crippen LogP contribution in [0.15, 0.2) is 24.3 Å². The van der Waals surface area contributed by atoms with Gasteiger partial charge in [-0.3, -0.25) is 14.4 Å². The number of hydrogen-bond acceptors (Lipinski definition) is 6. The van der Waals surface area contributed by atoms with Gasteiger partial charge in [0.15, 0.2) is 0 Å². The Labute approximate surface area is 182 Å². The number of likely N-dealkylation sites (tertiary alicyclic amines) is 1. The summed E-state index contributed by atoms with van der Waals surface area (Å²) in [5, 5.41) is 9.40. The van der Waals surface area contributed by atoms with Gasteiger partial charge in [-0.15, -0.1) is 0 Å². The van der Waals surface area contributed by atoms with Crippen LogP contribution in [-0.4, -0.2) is 81.8 Å². The first kappa shape index (κ1) is 22.0. The maximum Gasteiger partial charge on any atom is 0.313 e. The molecule has 4 heterocycles. The molecule has 5 atom stereocenters. The number of cyclic esters (lactones) is 1. The van der Waals surface area contributed by atoms with Crippen LogP contribution >= 0.6 is 0 Å². The van der Waals surface area contributed by atoms with Crippen LogP contribution < -0.4 is 0 Å². The molecule has 1 spiro atoms. The quantitative estimate of drug-likeness (QED) is 0.527. The molecular weight excluding hydrogens is 400 g/mol. The lowest BCUT2D eigenvalue weighted by Crippen LogP contribution is -2.59. The summed E-state index contributed by atoms with van der Waals surface area (Å²) in [5.74, 6) is -2.65. The zero-order valence-corrected chi connectivity index (χ0v) is 18.7. The molecule has 0 aliphatic carbocycles. The molecule has 31 heavy (non-hydrogen) atoms. The third kappa shape index (κ3) is 3.06. The van der Waals surface area contributed by atoms with Crippen LogP contribution in [0.2, 0.25) is 0 Å². The molecule has 8 nitrogen and oxygen atoms in total. The molecule has 170 valence electrons. The molecule has 0 bridgehead atoms. The number of fused-ring (bicyclic) bond motifs is 2. The third-order valence-electron chi connectivity index (χ3n) is 7.06. The summed E-state index contributed by atoms with van der Waals surface area (Å²) in [4.78, 5) is 44.0. The summed E-state index contributed by atoms with van der Waals surface area (Å²) in [6.45, 7) is 8.43. The van der Waals surface area contributed by atoms with Crippen molar-refractivity contribution in [1.29, 1.82) is 0 Å². The molecule has 4 rings (SSSR count). The van der Waals surface area contributed by atoms with Crippen LogP contribution in [0.5, 0.6) is 0 Å². The first-order valence-electron chi connectivity index (χ1n) is 11.1. The van der Waals surface area contributed by atoms with Gasteiger partial charge >= 0.3 is 5.97 Å². The van der Waals surface area contributed by atoms with E-state index in [0.717, 1.165) is 0 Å². The van der Waals surface area contributed by atoms with Gasteiger partial charge in [-0.2, -0.15) is 0 Å². The molecule has 1 unspecified atom stereocenters. The van der Waals surface area contributed by atoms with Crippen molar-refractivity contribution in [2.45, 2.75) is 63.3 Å². The van der Waals surface area contributed by atoms with Crippen LogP contribution in [0.3, 0.4) is 0 Å². The van der Waals surface area contributed by atoms with E-state index in [9.17, 15) is 19.5 Å². The van der Waals surface area contributed by atoms with Gasteiger partial charge in [0, 0.05) is 25.2 Å². The highest BCUT2D eigenvalue weighted by Gasteiger charge is 2.75. The van der Waals surface area contributed by atoms with Gasteiger partial charge in [-0.05, 0) is 39.7 Å². The molecule has 0 aromatic carbocycles. The maximum absolute atomic E-state index is 13.9. The zero-order chi connectivity index (χ0) is 22.6. The predicted molar refractivity (Wildman–Crippen MR) is 112 cm³/mol. The van der Waals surface area contributed by atoms with Crippen molar-refractivity contribution >= 4 is 17.8 Å². The molecule has 0 saturated carbocycles. The van der Waals surface area contributed by atoms with Crippen LogP contribution in [0.1, 0.15) is 40.5 Å². The van der Waals surface area contributed by atoms with Crippen molar-refractivity contribution in [3.8, 4) is 0 Å². The van der Waals surface area contributed by atoms with E-state index in [2.05, 4.69) is 0 Å². The van der Waals surface area contributed by atoms with E-state index in [1.54, 1.807) is 11.0 Å². The maximum atomic E-state index is 13.9. The van der Waals surface area contributed by atoms with E-state index in [1.807, 2.05) is 45.9 Å². The molecular formula is C23H32N2O6. The van der Waals surface area contributed by atoms with Gasteiger partial charge in [-0.1, -0.05) is 25.2 Å². The fourth-order valence-corrected chi connectivity index (χ4v) is 5.68. The Morgan fingerprint density at radius 1 is 1.13 bits per heavy atom. The number of ether oxygens (including phenoxy) is 2. The van der Waals surface area contributed by atoms with E-state index < -0.39 is 40.6 Å². The third-order valence-corrected chi connectivity index (χ3v) is 7.06. The molecule has 1 N–H and O–H groups in total. The number of aliphatic hydroxyl groups excluding tert-OH is 1. The van der Waals surface area contributed by atoms with Crippen molar-refractivity contribution < 1.29 is 29.0 Å². The lowest BCUT2D eigenvalue weighted by Gasteiger charge is -2.41. The second-order valence-electron chi connectivity index (χ2n) is 9.79. The van der Waals surface area contributed by atoms with Gasteiger partial charge < -0.3 is 24.4 Å². The van der Waals surface area contributed by atoms with Gasteiger partial charge in [0.25, 0.3) is 0 Å². The van der Waals surface area contributed by atoms with Crippen LogP contribution in [0, 0.1) is 11.8 Å². The Bertz CT molecular complexity index is 845. The monoisotopic (exact) mass is 432 g/mol. The molecule has 8 heteroatoms. The Morgan fingerprint density at radius 2 is 1.87 bits per heavy atom. The minimum atomic E-state index is -1.26. The molecule has 2 fully saturated rings. The van der Waals surface area contributed by atoms with Crippen LogP contribution in [-0.2, 0) is 23.9 Å². The van der Waals surface area contributed by atoms with Gasteiger partial charge in [-0.25, -0.2) is 0 Å². The van der Waals surface area contributed by atoms with Crippen molar-refractivity contribution in [3.05, 3.63) is 24.3 Å².